The molecule has 8 N–H and O–H groups in total. The molecule has 0 aliphatic carbocycles. The lowest BCUT2D eigenvalue weighted by molar-refractivity contribution is -0.143. The zero-order valence-electron chi connectivity index (χ0n) is 25.7. The van der Waals surface area contributed by atoms with E-state index in [0.29, 0.717) is 43.0 Å². The van der Waals surface area contributed by atoms with Crippen molar-refractivity contribution in [3.05, 3.63) is 65.9 Å². The summed E-state index contributed by atoms with van der Waals surface area (Å²) < 4.78 is 11.7. The molecule has 2 fully saturated rings. The van der Waals surface area contributed by atoms with E-state index in [1.165, 1.54) is 29.2 Å². The number of benzene rings is 2. The topological polar surface area (TPSA) is 224 Å². The quantitative estimate of drug-likeness (QED) is 0.146. The molecule has 2 aliphatic heterocycles. The fraction of sp³-hybridized carbons (Fsp3) is 0.406. The molecule has 2 saturated heterocycles. The molecule has 1 unspecified atom stereocenters. The number of hydrogen-bond acceptors (Lipinski definition) is 6. The van der Waals surface area contributed by atoms with Gasteiger partial charge in [-0.05, 0) is 61.9 Å². The molecule has 5 rings (SSSR count). The van der Waals surface area contributed by atoms with Gasteiger partial charge in [-0.15, -0.1) is 0 Å². The Hall–Kier alpha value is -4.52. The van der Waals surface area contributed by atoms with Crippen LogP contribution < -0.4 is 27.0 Å². The third kappa shape index (κ3) is 8.26. The first-order valence-corrected chi connectivity index (χ1v) is 17.2. The fourth-order valence-corrected chi connectivity index (χ4v) is 6.89. The minimum absolute atomic E-state index is 0.00930. The van der Waals surface area contributed by atoms with E-state index in [2.05, 4.69) is 20.9 Å². The van der Waals surface area contributed by atoms with Gasteiger partial charge in [0, 0.05) is 29.9 Å². The van der Waals surface area contributed by atoms with E-state index in [4.69, 9.17) is 5.73 Å². The Kier molecular flexibility index (Phi) is 10.4. The zero-order valence-corrected chi connectivity index (χ0v) is 26.6. The molecule has 0 saturated carbocycles. The van der Waals surface area contributed by atoms with Crippen molar-refractivity contribution in [1.82, 2.24) is 25.8 Å². The number of H-pyrrole nitrogens is 1. The number of carbonyl (C=O) groups is 5. The minimum atomic E-state index is -4.49. The highest BCUT2D eigenvalue weighted by molar-refractivity contribution is 7.60. The monoisotopic (exact) mass is 666 g/mol. The second kappa shape index (κ2) is 14.5. The number of primary amides is 1. The SMILES string of the molecule is NC(=O)CC[C@H](NC(=O)[C@@H]1CCC2CCCC[C@H](NC(=O)c3cc4cc(P(=O)(O)O)ccc4[nH]3)C(=O)N21)C(=O)NCc1ccccc1. The molecule has 250 valence electrons. The maximum absolute atomic E-state index is 14.0. The Morgan fingerprint density at radius 3 is 2.47 bits per heavy atom. The largest absolute Gasteiger partial charge is 0.370 e. The van der Waals surface area contributed by atoms with Gasteiger partial charge in [0.1, 0.15) is 23.8 Å². The number of hydrogen-bond donors (Lipinski definition) is 7. The Morgan fingerprint density at radius 2 is 1.74 bits per heavy atom. The second-order valence-electron chi connectivity index (χ2n) is 12.1. The van der Waals surface area contributed by atoms with Gasteiger partial charge in [0.2, 0.25) is 23.6 Å². The summed E-state index contributed by atoms with van der Waals surface area (Å²) in [4.78, 5) is 89.1. The van der Waals surface area contributed by atoms with Crippen molar-refractivity contribution in [3.63, 3.8) is 0 Å². The van der Waals surface area contributed by atoms with Crippen LogP contribution in [-0.2, 0) is 30.3 Å². The molecule has 1 aromatic heterocycles. The molecule has 3 heterocycles. The Bertz CT molecular complexity index is 1710. The summed E-state index contributed by atoms with van der Waals surface area (Å²) in [5.74, 6) is -2.59. The standard InChI is InChI=1S/C32H39N6O8P/c33-28(39)15-13-24(29(40)34-18-19-6-2-1-3-7-19)36-31(42)27-14-10-21-8-4-5-9-25(32(43)38(21)27)37-30(41)26-17-20-16-22(47(44,45)46)11-12-23(20)35-26/h1-3,6-7,11-12,16-17,21,24-25,27,35H,4-5,8-10,13-15,18H2,(H2,33,39)(H,34,40)(H,36,42)(H,37,41)(H2,44,45,46)/t21?,24-,25-,27-/m0/s1. The first kappa shape index (κ1) is 33.8. The molecule has 5 amide bonds. The van der Waals surface area contributed by atoms with Gasteiger partial charge in [-0.25, -0.2) is 0 Å². The third-order valence-corrected chi connectivity index (χ3v) is 9.70. The van der Waals surface area contributed by atoms with Crippen molar-refractivity contribution in [3.8, 4) is 0 Å². The zero-order chi connectivity index (χ0) is 33.7. The number of carbonyl (C=O) groups excluding carboxylic acids is 5. The number of aromatic nitrogens is 1. The normalized spacial score (nSPS) is 20.5. The highest BCUT2D eigenvalue weighted by Crippen LogP contribution is 2.34. The summed E-state index contributed by atoms with van der Waals surface area (Å²) >= 11 is 0. The summed E-state index contributed by atoms with van der Waals surface area (Å²) in [5.41, 5.74) is 6.80. The van der Waals surface area contributed by atoms with Crippen LogP contribution in [0.25, 0.3) is 10.9 Å². The van der Waals surface area contributed by atoms with Crippen LogP contribution in [0.3, 0.4) is 0 Å². The van der Waals surface area contributed by atoms with Crippen LogP contribution in [0.5, 0.6) is 0 Å². The predicted molar refractivity (Wildman–Crippen MR) is 172 cm³/mol. The highest BCUT2D eigenvalue weighted by atomic mass is 31.2. The smallest absolute Gasteiger partial charge is 0.356 e. The number of aromatic amines is 1. The molecule has 4 atom stereocenters. The maximum atomic E-state index is 14.0. The van der Waals surface area contributed by atoms with Crippen LogP contribution in [0.2, 0.25) is 0 Å². The molecule has 2 aromatic carbocycles. The van der Waals surface area contributed by atoms with Gasteiger partial charge in [0.15, 0.2) is 0 Å². The molecule has 3 aromatic rings. The number of nitrogens with two attached hydrogens (primary N) is 1. The van der Waals surface area contributed by atoms with E-state index in [9.17, 15) is 38.3 Å². The highest BCUT2D eigenvalue weighted by Gasteiger charge is 2.44. The number of fused-ring (bicyclic) bond motifs is 2. The summed E-state index contributed by atoms with van der Waals surface area (Å²) in [5, 5.41) is 8.58. The van der Waals surface area contributed by atoms with Crippen molar-refractivity contribution < 1.29 is 38.3 Å². The maximum Gasteiger partial charge on any atom is 0.356 e. The Morgan fingerprint density at radius 1 is 1.00 bits per heavy atom. The second-order valence-corrected chi connectivity index (χ2v) is 13.7. The fourth-order valence-electron chi connectivity index (χ4n) is 6.31. The van der Waals surface area contributed by atoms with Gasteiger partial charge in [0.05, 0.1) is 5.30 Å². The van der Waals surface area contributed by atoms with Crippen LogP contribution in [0, 0.1) is 0 Å². The van der Waals surface area contributed by atoms with E-state index in [1.807, 2.05) is 30.3 Å². The van der Waals surface area contributed by atoms with Crippen molar-refractivity contribution >= 4 is 53.3 Å². The molecule has 0 bridgehead atoms. The predicted octanol–water partition coefficient (Wildman–Crippen LogP) is 1.07. The number of nitrogens with one attached hydrogen (secondary N) is 4. The lowest BCUT2D eigenvalue weighted by atomic mass is 9.98. The van der Waals surface area contributed by atoms with Crippen molar-refractivity contribution in [2.45, 2.75) is 82.1 Å². The van der Waals surface area contributed by atoms with E-state index < -0.39 is 55.3 Å². The van der Waals surface area contributed by atoms with Crippen molar-refractivity contribution in [2.24, 2.45) is 5.73 Å². The average molecular weight is 667 g/mol. The Labute approximate surface area is 271 Å². The molecule has 2 aliphatic rings. The van der Waals surface area contributed by atoms with Crippen molar-refractivity contribution in [1.29, 1.82) is 0 Å². The van der Waals surface area contributed by atoms with Gasteiger partial charge in [-0.2, -0.15) is 0 Å². The lowest BCUT2D eigenvalue weighted by Crippen LogP contribution is -2.58. The van der Waals surface area contributed by atoms with Gasteiger partial charge >= 0.3 is 7.60 Å². The molecular weight excluding hydrogens is 627 g/mol. The average Bonchev–Trinajstić information content (AvgIpc) is 3.66. The molecule has 47 heavy (non-hydrogen) atoms. The first-order valence-electron chi connectivity index (χ1n) is 15.6. The van der Waals surface area contributed by atoms with Gasteiger partial charge in [0.25, 0.3) is 5.91 Å². The Balaban J connectivity index is 1.29. The van der Waals surface area contributed by atoms with Gasteiger partial charge in [-0.1, -0.05) is 43.2 Å². The van der Waals surface area contributed by atoms with Gasteiger partial charge in [-0.3, -0.25) is 28.5 Å². The number of nitrogens with zero attached hydrogens (tertiary/aromatic N) is 1. The minimum Gasteiger partial charge on any atom is -0.370 e. The lowest BCUT2D eigenvalue weighted by Gasteiger charge is -2.35. The van der Waals surface area contributed by atoms with Crippen LogP contribution >= 0.6 is 7.60 Å². The summed E-state index contributed by atoms with van der Waals surface area (Å²) in [6.07, 6.45) is 3.35. The van der Waals surface area contributed by atoms with Crippen LogP contribution in [0.1, 0.15) is 67.4 Å². The van der Waals surface area contributed by atoms with E-state index in [0.717, 1.165) is 12.0 Å². The summed E-state index contributed by atoms with van der Waals surface area (Å²) in [6.45, 7) is 0.224. The van der Waals surface area contributed by atoms with Crippen LogP contribution in [0.15, 0.2) is 54.6 Å². The van der Waals surface area contributed by atoms with E-state index in [1.54, 1.807) is 0 Å². The van der Waals surface area contributed by atoms with Gasteiger partial charge < -0.3 is 41.4 Å². The molecule has 14 nitrogen and oxygen atoms in total. The van der Waals surface area contributed by atoms with E-state index in [-0.39, 0.29) is 36.4 Å². The molecule has 15 heteroatoms. The van der Waals surface area contributed by atoms with E-state index >= 15 is 0 Å². The summed E-state index contributed by atoms with van der Waals surface area (Å²) in [7, 11) is -4.49. The van der Waals surface area contributed by atoms with Crippen LogP contribution in [0.4, 0.5) is 0 Å². The third-order valence-electron chi connectivity index (χ3n) is 8.75. The summed E-state index contributed by atoms with van der Waals surface area (Å²) in [6, 6.07) is 11.7. The molecule has 0 spiro atoms. The number of amides is 5. The number of rotatable bonds is 11. The van der Waals surface area contributed by atoms with Crippen molar-refractivity contribution in [2.75, 3.05) is 0 Å². The molecular formula is C32H39N6O8P. The van der Waals surface area contributed by atoms with Crippen LogP contribution in [-0.4, -0.2) is 73.4 Å². The first-order chi connectivity index (χ1) is 22.4. The molecule has 0 radical (unpaired) electrons.